The van der Waals surface area contributed by atoms with Crippen LogP contribution in [-0.2, 0) is 0 Å². The van der Waals surface area contributed by atoms with Crippen molar-refractivity contribution in [2.75, 3.05) is 13.1 Å². The quantitative estimate of drug-likeness (QED) is 0.795. The van der Waals surface area contributed by atoms with Gasteiger partial charge >= 0.3 is 0 Å². The summed E-state index contributed by atoms with van der Waals surface area (Å²) in [7, 11) is 0. The van der Waals surface area contributed by atoms with Gasteiger partial charge in [-0.25, -0.2) is 0 Å². The van der Waals surface area contributed by atoms with Gasteiger partial charge in [0, 0.05) is 5.56 Å². The zero-order chi connectivity index (χ0) is 16.2. The van der Waals surface area contributed by atoms with E-state index in [9.17, 15) is 4.79 Å². The molecule has 0 aliphatic carbocycles. The second-order valence-electron chi connectivity index (χ2n) is 5.89. The number of nitrogens with one attached hydrogen (secondary N) is 2. The summed E-state index contributed by atoms with van der Waals surface area (Å²) in [5, 5.41) is 2.93. The number of amides is 1. The molecule has 0 saturated carbocycles. The Bertz CT molecular complexity index is 508. The van der Waals surface area contributed by atoms with Crippen molar-refractivity contribution < 1.29 is 9.69 Å². The van der Waals surface area contributed by atoms with Gasteiger partial charge in [-0.3, -0.25) is 10.1 Å². The molecular formula is C16H22Cl3N2O+. The highest BCUT2D eigenvalue weighted by Gasteiger charge is 2.42. The zero-order valence-corrected chi connectivity index (χ0v) is 14.9. The number of quaternary nitrogens is 1. The second kappa shape index (κ2) is 7.87. The van der Waals surface area contributed by atoms with Crippen molar-refractivity contribution in [1.29, 1.82) is 0 Å². The van der Waals surface area contributed by atoms with Crippen molar-refractivity contribution in [3.05, 3.63) is 35.4 Å². The predicted molar refractivity (Wildman–Crippen MR) is 91.9 cm³/mol. The first-order valence-electron chi connectivity index (χ1n) is 7.67. The largest absolute Gasteiger partial charge is 0.312 e. The Hall–Kier alpha value is -0.480. The number of rotatable bonds is 3. The van der Waals surface area contributed by atoms with Gasteiger partial charge in [0.2, 0.25) is 6.17 Å². The minimum Gasteiger partial charge on any atom is -0.312 e. The summed E-state index contributed by atoms with van der Waals surface area (Å²) in [6.07, 6.45) is 4.03. The third-order valence-corrected chi connectivity index (χ3v) is 4.69. The van der Waals surface area contributed by atoms with Crippen LogP contribution in [0.25, 0.3) is 0 Å². The Morgan fingerprint density at radius 3 is 2.36 bits per heavy atom. The molecule has 2 rings (SSSR count). The molecule has 1 atom stereocenters. The number of halogens is 3. The number of carbonyl (C=O) groups is 1. The Labute approximate surface area is 146 Å². The van der Waals surface area contributed by atoms with E-state index in [1.54, 1.807) is 6.07 Å². The molecule has 0 spiro atoms. The van der Waals surface area contributed by atoms with E-state index in [0.29, 0.717) is 5.56 Å². The van der Waals surface area contributed by atoms with Crippen LogP contribution in [0.15, 0.2) is 24.3 Å². The van der Waals surface area contributed by atoms with Gasteiger partial charge in [-0.1, -0.05) is 52.5 Å². The first-order chi connectivity index (χ1) is 10.4. The normalized spacial score (nSPS) is 18.5. The van der Waals surface area contributed by atoms with Gasteiger partial charge in [0.05, 0.1) is 13.1 Å². The summed E-state index contributed by atoms with van der Waals surface area (Å²) >= 11 is 18.4. The monoisotopic (exact) mass is 363 g/mol. The summed E-state index contributed by atoms with van der Waals surface area (Å²) in [6.45, 7) is 3.77. The topological polar surface area (TPSA) is 33.5 Å². The maximum atomic E-state index is 12.5. The Morgan fingerprint density at radius 1 is 1.18 bits per heavy atom. The molecule has 6 heteroatoms. The fraction of sp³-hybridized carbons (Fsp3) is 0.562. The van der Waals surface area contributed by atoms with Gasteiger partial charge < -0.3 is 4.90 Å². The molecule has 2 N–H and O–H groups in total. The highest BCUT2D eigenvalue weighted by atomic mass is 35.6. The molecule has 0 bridgehead atoms. The van der Waals surface area contributed by atoms with Crippen molar-refractivity contribution >= 4 is 40.7 Å². The van der Waals surface area contributed by atoms with Gasteiger partial charge in [-0.05, 0) is 44.7 Å². The number of benzene rings is 1. The molecular weight excluding hydrogens is 343 g/mol. The zero-order valence-electron chi connectivity index (χ0n) is 12.7. The fourth-order valence-corrected chi connectivity index (χ4v) is 3.51. The molecule has 1 amide bonds. The third kappa shape index (κ3) is 5.02. The van der Waals surface area contributed by atoms with E-state index in [1.807, 2.05) is 25.1 Å². The van der Waals surface area contributed by atoms with Crippen LogP contribution in [0.2, 0.25) is 0 Å². The van der Waals surface area contributed by atoms with E-state index < -0.39 is 9.96 Å². The average molecular weight is 365 g/mol. The van der Waals surface area contributed by atoms with Crippen LogP contribution in [0.1, 0.15) is 41.6 Å². The number of aryl methyl sites for hydroxylation is 1. The van der Waals surface area contributed by atoms with E-state index in [2.05, 4.69) is 5.32 Å². The standard InChI is InChI=1S/C16H21Cl3N2O/c1-12-7-6-8-13(11-12)14(22)20-15(16(17,18)19)21-9-4-2-3-5-10-21/h6-8,11,15H,2-5,9-10H2,1H3,(H,20,22)/p+1/t15-/m1/s1. The predicted octanol–water partition coefficient (Wildman–Crippen LogP) is 2.88. The van der Waals surface area contributed by atoms with Crippen molar-refractivity contribution in [2.45, 2.75) is 42.6 Å². The summed E-state index contributed by atoms with van der Waals surface area (Å²) in [5.41, 5.74) is 1.62. The molecule has 22 heavy (non-hydrogen) atoms. The lowest BCUT2D eigenvalue weighted by molar-refractivity contribution is -0.926. The van der Waals surface area contributed by atoms with Crippen molar-refractivity contribution in [3.63, 3.8) is 0 Å². The molecule has 1 saturated heterocycles. The van der Waals surface area contributed by atoms with Crippen molar-refractivity contribution in [3.8, 4) is 0 Å². The minimum atomic E-state index is -1.53. The van der Waals surface area contributed by atoms with Crippen LogP contribution in [-0.4, -0.2) is 29.0 Å². The maximum Gasteiger partial charge on any atom is 0.262 e. The molecule has 0 radical (unpaired) electrons. The Morgan fingerprint density at radius 2 is 1.82 bits per heavy atom. The molecule has 0 aromatic heterocycles. The van der Waals surface area contributed by atoms with Gasteiger partial charge in [0.1, 0.15) is 0 Å². The van der Waals surface area contributed by atoms with Gasteiger partial charge in [0.15, 0.2) is 0 Å². The van der Waals surface area contributed by atoms with Gasteiger partial charge in [-0.15, -0.1) is 0 Å². The summed E-state index contributed by atoms with van der Waals surface area (Å²) in [6, 6.07) is 7.41. The first kappa shape index (κ1) is 17.9. The number of carbonyl (C=O) groups excluding carboxylic acids is 1. The average Bonchev–Trinajstić information content (AvgIpc) is 2.72. The maximum absolute atomic E-state index is 12.5. The van der Waals surface area contributed by atoms with E-state index >= 15 is 0 Å². The molecule has 1 aliphatic rings. The second-order valence-corrected chi connectivity index (χ2v) is 8.26. The smallest absolute Gasteiger partial charge is 0.262 e. The van der Waals surface area contributed by atoms with E-state index in [1.165, 1.54) is 12.8 Å². The number of hydrogen-bond donors (Lipinski definition) is 2. The van der Waals surface area contributed by atoms with E-state index in [4.69, 9.17) is 34.8 Å². The van der Waals surface area contributed by atoms with Gasteiger partial charge in [-0.2, -0.15) is 0 Å². The molecule has 3 nitrogen and oxygen atoms in total. The van der Waals surface area contributed by atoms with Crippen LogP contribution >= 0.6 is 34.8 Å². The summed E-state index contributed by atoms with van der Waals surface area (Å²) < 4.78 is -1.53. The number of likely N-dealkylation sites (tertiary alicyclic amines) is 1. The Balaban J connectivity index is 2.14. The summed E-state index contributed by atoms with van der Waals surface area (Å²) in [4.78, 5) is 13.6. The Kier molecular flexibility index (Phi) is 6.39. The minimum absolute atomic E-state index is 0.197. The van der Waals surface area contributed by atoms with E-state index in [-0.39, 0.29) is 5.91 Å². The lowest BCUT2D eigenvalue weighted by atomic mass is 10.1. The number of alkyl halides is 3. The molecule has 0 unspecified atom stereocenters. The third-order valence-electron chi connectivity index (χ3n) is 4.04. The van der Waals surface area contributed by atoms with E-state index in [0.717, 1.165) is 36.4 Å². The molecule has 1 aromatic carbocycles. The van der Waals surface area contributed by atoms with Crippen LogP contribution in [0.5, 0.6) is 0 Å². The van der Waals surface area contributed by atoms with Crippen molar-refractivity contribution in [2.24, 2.45) is 0 Å². The fourth-order valence-electron chi connectivity index (χ4n) is 2.89. The van der Waals surface area contributed by atoms with Crippen LogP contribution in [0.3, 0.4) is 0 Å². The highest BCUT2D eigenvalue weighted by molar-refractivity contribution is 6.68. The molecule has 1 aromatic rings. The first-order valence-corrected chi connectivity index (χ1v) is 8.80. The van der Waals surface area contributed by atoms with Crippen molar-refractivity contribution in [1.82, 2.24) is 5.32 Å². The molecule has 1 fully saturated rings. The lowest BCUT2D eigenvalue weighted by Gasteiger charge is -2.32. The summed E-state index contributed by atoms with van der Waals surface area (Å²) in [5.74, 6) is -0.197. The highest BCUT2D eigenvalue weighted by Crippen LogP contribution is 2.28. The molecule has 1 heterocycles. The van der Waals surface area contributed by atoms with Crippen LogP contribution in [0, 0.1) is 6.92 Å². The van der Waals surface area contributed by atoms with Crippen LogP contribution in [0.4, 0.5) is 0 Å². The molecule has 122 valence electrons. The molecule has 1 aliphatic heterocycles. The van der Waals surface area contributed by atoms with Gasteiger partial charge in [0.25, 0.3) is 9.70 Å². The van der Waals surface area contributed by atoms with Crippen LogP contribution < -0.4 is 10.2 Å². The number of hydrogen-bond acceptors (Lipinski definition) is 1. The SMILES string of the molecule is Cc1cccc(C(=O)N[C@H]([NH+]2CCCCCC2)C(Cl)(Cl)Cl)c1. The lowest BCUT2D eigenvalue weighted by Crippen LogP contribution is -3.19.